The fraction of sp³-hybridized carbons (Fsp3) is 0.556. The third-order valence-electron chi connectivity index (χ3n) is 4.42. The van der Waals surface area contributed by atoms with Gasteiger partial charge in [-0.1, -0.05) is 5.16 Å². The molecule has 1 aromatic carbocycles. The second-order valence-electron chi connectivity index (χ2n) is 7.54. The van der Waals surface area contributed by atoms with Gasteiger partial charge in [-0.05, 0) is 63.9 Å². The van der Waals surface area contributed by atoms with Gasteiger partial charge in [-0.2, -0.15) is 0 Å². The fourth-order valence-corrected chi connectivity index (χ4v) is 3.30. The van der Waals surface area contributed by atoms with E-state index >= 15 is 0 Å². The van der Waals surface area contributed by atoms with E-state index in [2.05, 4.69) is 30.1 Å². The Kier molecular flexibility index (Phi) is 3.71. The molecule has 0 saturated heterocycles. The van der Waals surface area contributed by atoms with Gasteiger partial charge < -0.3 is 14.6 Å². The Morgan fingerprint density at radius 2 is 1.91 bits per heavy atom. The number of benzene rings is 1. The van der Waals surface area contributed by atoms with Crippen molar-refractivity contribution in [3.8, 4) is 0 Å². The molecular weight excluding hydrogens is 290 g/mol. The summed E-state index contributed by atoms with van der Waals surface area (Å²) in [4.78, 5) is 22.2. The number of carbonyl (C=O) groups excluding carboxylic acids is 1. The highest BCUT2D eigenvalue weighted by molar-refractivity contribution is 6.54. The highest BCUT2D eigenvalue weighted by Gasteiger charge is 2.37. The molecule has 0 bridgehead atoms. The molecule has 0 atom stereocenters. The zero-order chi connectivity index (χ0) is 16.9. The van der Waals surface area contributed by atoms with Gasteiger partial charge in [-0.25, -0.2) is 0 Å². The number of fused-ring (bicyclic) bond motifs is 3. The standard InChI is InChI=1S/C18H25N3O2/c1-11-9-13-15(19-23-18(2,3)4)17(22)21(6)16(13)14-10-20(5)8-7-12(11)14/h9H,7-8,10H2,1-6H3/b19-15+. The summed E-state index contributed by atoms with van der Waals surface area (Å²) in [7, 11) is 3.94. The molecule has 1 aromatic rings. The number of rotatable bonds is 1. The normalized spacial score (nSPS) is 20.0. The lowest BCUT2D eigenvalue weighted by molar-refractivity contribution is -0.112. The molecule has 124 valence electrons. The molecule has 0 aromatic heterocycles. The van der Waals surface area contributed by atoms with Crippen LogP contribution in [0.4, 0.5) is 5.69 Å². The van der Waals surface area contributed by atoms with Gasteiger partial charge in [0.1, 0.15) is 5.60 Å². The Labute approximate surface area is 137 Å². The predicted molar refractivity (Wildman–Crippen MR) is 92.0 cm³/mol. The van der Waals surface area contributed by atoms with E-state index in [0.717, 1.165) is 30.8 Å². The summed E-state index contributed by atoms with van der Waals surface area (Å²) in [5, 5.41) is 4.19. The number of carbonyl (C=O) groups is 1. The zero-order valence-electron chi connectivity index (χ0n) is 14.9. The molecule has 23 heavy (non-hydrogen) atoms. The Morgan fingerprint density at radius 3 is 2.57 bits per heavy atom. The molecule has 0 unspecified atom stereocenters. The molecule has 5 heteroatoms. The molecule has 0 N–H and O–H groups in total. The molecule has 1 amide bonds. The van der Waals surface area contributed by atoms with E-state index in [1.165, 1.54) is 16.7 Å². The lowest BCUT2D eigenvalue weighted by Gasteiger charge is -2.29. The van der Waals surface area contributed by atoms with Gasteiger partial charge in [0, 0.05) is 25.7 Å². The minimum atomic E-state index is -0.419. The van der Waals surface area contributed by atoms with E-state index in [0.29, 0.717) is 5.71 Å². The maximum Gasteiger partial charge on any atom is 0.280 e. The minimum Gasteiger partial charge on any atom is -0.389 e. The molecule has 0 fully saturated rings. The number of oxime groups is 1. The van der Waals surface area contributed by atoms with Crippen molar-refractivity contribution < 1.29 is 9.63 Å². The van der Waals surface area contributed by atoms with Gasteiger partial charge in [-0.15, -0.1) is 0 Å². The van der Waals surface area contributed by atoms with Crippen LogP contribution in [0.25, 0.3) is 0 Å². The fourth-order valence-electron chi connectivity index (χ4n) is 3.30. The Morgan fingerprint density at radius 1 is 1.22 bits per heavy atom. The van der Waals surface area contributed by atoms with Crippen molar-refractivity contribution in [2.45, 2.75) is 46.3 Å². The smallest absolute Gasteiger partial charge is 0.280 e. The molecule has 0 radical (unpaired) electrons. The van der Waals surface area contributed by atoms with Crippen molar-refractivity contribution in [2.75, 3.05) is 25.5 Å². The molecule has 5 nitrogen and oxygen atoms in total. The van der Waals surface area contributed by atoms with E-state index in [9.17, 15) is 4.79 Å². The van der Waals surface area contributed by atoms with Crippen LogP contribution in [0.15, 0.2) is 11.2 Å². The lowest BCUT2D eigenvalue weighted by Crippen LogP contribution is -2.30. The number of hydrogen-bond donors (Lipinski definition) is 0. The SMILES string of the molecule is Cc1cc2c(c3c1CCN(C)C3)N(C)C(=O)/C2=N/OC(C)(C)C. The number of hydrogen-bond acceptors (Lipinski definition) is 4. The van der Waals surface area contributed by atoms with Gasteiger partial charge in [0.15, 0.2) is 5.71 Å². The van der Waals surface area contributed by atoms with Crippen molar-refractivity contribution in [1.82, 2.24) is 4.90 Å². The number of likely N-dealkylation sites (N-methyl/N-ethyl adjacent to an activating group) is 2. The monoisotopic (exact) mass is 315 g/mol. The Balaban J connectivity index is 2.14. The maximum absolute atomic E-state index is 12.7. The van der Waals surface area contributed by atoms with E-state index in [1.807, 2.05) is 27.8 Å². The van der Waals surface area contributed by atoms with Crippen molar-refractivity contribution in [2.24, 2.45) is 5.16 Å². The molecule has 2 aliphatic rings. The van der Waals surface area contributed by atoms with Crippen LogP contribution >= 0.6 is 0 Å². The first-order valence-corrected chi connectivity index (χ1v) is 8.07. The first-order chi connectivity index (χ1) is 10.7. The van der Waals surface area contributed by atoms with Crippen molar-refractivity contribution in [1.29, 1.82) is 0 Å². The average Bonchev–Trinajstić information content (AvgIpc) is 2.68. The van der Waals surface area contributed by atoms with E-state index in [-0.39, 0.29) is 5.91 Å². The molecule has 2 aliphatic heterocycles. The van der Waals surface area contributed by atoms with E-state index in [1.54, 1.807) is 4.90 Å². The highest BCUT2D eigenvalue weighted by Crippen LogP contribution is 2.38. The van der Waals surface area contributed by atoms with E-state index in [4.69, 9.17) is 4.84 Å². The third kappa shape index (κ3) is 2.74. The third-order valence-corrected chi connectivity index (χ3v) is 4.42. The average molecular weight is 315 g/mol. The molecule has 2 heterocycles. The van der Waals surface area contributed by atoms with E-state index < -0.39 is 5.60 Å². The number of amides is 1. The van der Waals surface area contributed by atoms with Crippen LogP contribution in [0.3, 0.4) is 0 Å². The largest absolute Gasteiger partial charge is 0.389 e. The van der Waals surface area contributed by atoms with Gasteiger partial charge in [0.25, 0.3) is 5.91 Å². The van der Waals surface area contributed by atoms with Crippen molar-refractivity contribution >= 4 is 17.3 Å². The first kappa shape index (κ1) is 16.0. The summed E-state index contributed by atoms with van der Waals surface area (Å²) in [5.41, 5.74) is 5.75. The van der Waals surface area contributed by atoms with Crippen LogP contribution in [0, 0.1) is 6.92 Å². The summed E-state index contributed by atoms with van der Waals surface area (Å²) >= 11 is 0. The molecule has 0 saturated carbocycles. The van der Waals surface area contributed by atoms with Crippen LogP contribution in [0.5, 0.6) is 0 Å². The summed E-state index contributed by atoms with van der Waals surface area (Å²) in [5.74, 6) is -0.0923. The van der Waals surface area contributed by atoms with Crippen molar-refractivity contribution in [3.63, 3.8) is 0 Å². The van der Waals surface area contributed by atoms with Gasteiger partial charge in [0.05, 0.1) is 5.69 Å². The summed E-state index contributed by atoms with van der Waals surface area (Å²) in [6.07, 6.45) is 1.03. The number of nitrogens with zero attached hydrogens (tertiary/aromatic N) is 3. The second kappa shape index (κ2) is 5.34. The van der Waals surface area contributed by atoms with Gasteiger partial charge in [0.2, 0.25) is 0 Å². The quantitative estimate of drug-likeness (QED) is 0.748. The summed E-state index contributed by atoms with van der Waals surface area (Å²) in [6, 6.07) is 2.09. The predicted octanol–water partition coefficient (Wildman–Crippen LogP) is 2.48. The summed E-state index contributed by atoms with van der Waals surface area (Å²) < 4.78 is 0. The summed E-state index contributed by atoms with van der Waals surface area (Å²) in [6.45, 7) is 9.81. The maximum atomic E-state index is 12.7. The number of aryl methyl sites for hydroxylation is 1. The molecule has 3 rings (SSSR count). The Bertz CT molecular complexity index is 701. The highest BCUT2D eigenvalue weighted by atomic mass is 16.6. The Hall–Kier alpha value is -1.88. The van der Waals surface area contributed by atoms with Crippen molar-refractivity contribution in [3.05, 3.63) is 28.3 Å². The minimum absolute atomic E-state index is 0.0923. The molecular formula is C18H25N3O2. The van der Waals surface area contributed by atoms with Crippen LogP contribution < -0.4 is 4.90 Å². The van der Waals surface area contributed by atoms with Crippen LogP contribution in [0.1, 0.15) is 43.0 Å². The second-order valence-corrected chi connectivity index (χ2v) is 7.54. The topological polar surface area (TPSA) is 45.1 Å². The van der Waals surface area contributed by atoms with Crippen LogP contribution in [-0.2, 0) is 22.6 Å². The van der Waals surface area contributed by atoms with Crippen LogP contribution in [-0.4, -0.2) is 42.8 Å². The van der Waals surface area contributed by atoms with Gasteiger partial charge >= 0.3 is 0 Å². The molecule has 0 spiro atoms. The zero-order valence-corrected chi connectivity index (χ0v) is 14.9. The van der Waals surface area contributed by atoms with Gasteiger partial charge in [-0.3, -0.25) is 4.79 Å². The first-order valence-electron chi connectivity index (χ1n) is 8.07. The molecule has 0 aliphatic carbocycles. The lowest BCUT2D eigenvalue weighted by atomic mass is 9.91. The number of anilines is 1. The van der Waals surface area contributed by atoms with Crippen LogP contribution in [0.2, 0.25) is 0 Å².